The largest absolute Gasteiger partial charge is 0.493 e. The van der Waals surface area contributed by atoms with Crippen molar-refractivity contribution in [1.82, 2.24) is 14.6 Å². The maximum Gasteiger partial charge on any atom is 0.275 e. The molecule has 1 aliphatic rings. The molecule has 4 rings (SSSR count). The Hall–Kier alpha value is -1.83. The number of benzene rings is 1. The average Bonchev–Trinajstić information content (AvgIpc) is 3.11. The Bertz CT molecular complexity index is 1020. The molecule has 6 nitrogen and oxygen atoms in total. The van der Waals surface area contributed by atoms with E-state index < -0.39 is 0 Å². The summed E-state index contributed by atoms with van der Waals surface area (Å²) in [4.78, 5) is 19.6. The number of anilines is 1. The third-order valence-corrected chi connectivity index (χ3v) is 6.26. The van der Waals surface area contributed by atoms with E-state index in [-0.39, 0.29) is 5.56 Å². The van der Waals surface area contributed by atoms with Crippen LogP contribution >= 0.6 is 34.5 Å². The highest BCUT2D eigenvalue weighted by Crippen LogP contribution is 2.28. The van der Waals surface area contributed by atoms with Gasteiger partial charge in [0, 0.05) is 34.9 Å². The minimum atomic E-state index is -0.118. The van der Waals surface area contributed by atoms with Gasteiger partial charge in [-0.3, -0.25) is 4.79 Å². The zero-order valence-electron chi connectivity index (χ0n) is 15.4. The first-order valence-electron chi connectivity index (χ1n) is 9.25. The number of ether oxygens (including phenoxy) is 1. The lowest BCUT2D eigenvalue weighted by Gasteiger charge is -2.31. The SMILES string of the molecule is CCc1cc(=O)n2nc(N3CCC(COc4cc(Cl)cc(Cl)c4)CC3)sc2n1. The Labute approximate surface area is 176 Å². The molecule has 0 radical (unpaired) electrons. The molecule has 28 heavy (non-hydrogen) atoms. The van der Waals surface area contributed by atoms with Gasteiger partial charge >= 0.3 is 0 Å². The molecule has 148 valence electrons. The highest BCUT2D eigenvalue weighted by molar-refractivity contribution is 7.20. The molecule has 0 atom stereocenters. The Kier molecular flexibility index (Phi) is 5.75. The van der Waals surface area contributed by atoms with Crippen molar-refractivity contribution < 1.29 is 4.74 Å². The zero-order valence-corrected chi connectivity index (χ0v) is 17.7. The van der Waals surface area contributed by atoms with E-state index in [2.05, 4.69) is 15.0 Å². The van der Waals surface area contributed by atoms with E-state index in [9.17, 15) is 4.79 Å². The molecule has 0 unspecified atom stereocenters. The van der Waals surface area contributed by atoms with E-state index in [0.29, 0.717) is 33.3 Å². The lowest BCUT2D eigenvalue weighted by molar-refractivity contribution is 0.223. The minimum Gasteiger partial charge on any atom is -0.493 e. The van der Waals surface area contributed by atoms with E-state index in [1.807, 2.05) is 6.92 Å². The summed E-state index contributed by atoms with van der Waals surface area (Å²) >= 11 is 13.5. The summed E-state index contributed by atoms with van der Waals surface area (Å²) < 4.78 is 7.28. The summed E-state index contributed by atoms with van der Waals surface area (Å²) in [6.45, 7) is 4.37. The Morgan fingerprint density at radius 1 is 1.18 bits per heavy atom. The highest BCUT2D eigenvalue weighted by atomic mass is 35.5. The number of piperidine rings is 1. The molecule has 0 spiro atoms. The fourth-order valence-corrected chi connectivity index (χ4v) is 4.76. The summed E-state index contributed by atoms with van der Waals surface area (Å²) in [7, 11) is 0. The van der Waals surface area contributed by atoms with Gasteiger partial charge < -0.3 is 9.64 Å². The summed E-state index contributed by atoms with van der Waals surface area (Å²) in [6, 6.07) is 6.80. The van der Waals surface area contributed by atoms with Crippen LogP contribution in [0.5, 0.6) is 5.75 Å². The monoisotopic (exact) mass is 438 g/mol. The Balaban J connectivity index is 1.38. The molecular weight excluding hydrogens is 419 g/mol. The van der Waals surface area contributed by atoms with E-state index in [1.54, 1.807) is 24.3 Å². The van der Waals surface area contributed by atoms with Crippen molar-refractivity contribution in [3.63, 3.8) is 0 Å². The van der Waals surface area contributed by atoms with Crippen LogP contribution < -0.4 is 15.2 Å². The second-order valence-electron chi connectivity index (χ2n) is 6.86. The molecule has 0 bridgehead atoms. The molecule has 1 aliphatic heterocycles. The van der Waals surface area contributed by atoms with Gasteiger partial charge in [-0.25, -0.2) is 4.98 Å². The third kappa shape index (κ3) is 4.26. The van der Waals surface area contributed by atoms with Crippen molar-refractivity contribution in [2.45, 2.75) is 26.2 Å². The Morgan fingerprint density at radius 3 is 2.57 bits per heavy atom. The molecular formula is C19H20Cl2N4O2S. The summed E-state index contributed by atoms with van der Waals surface area (Å²) in [5, 5.41) is 6.47. The molecule has 0 N–H and O–H groups in total. The van der Waals surface area contributed by atoms with Crippen molar-refractivity contribution in [3.05, 3.63) is 50.4 Å². The minimum absolute atomic E-state index is 0.118. The predicted molar refractivity (Wildman–Crippen MR) is 113 cm³/mol. The van der Waals surface area contributed by atoms with Crippen molar-refractivity contribution in [1.29, 1.82) is 0 Å². The second-order valence-corrected chi connectivity index (χ2v) is 8.67. The number of fused-ring (bicyclic) bond motifs is 1. The van der Waals surface area contributed by atoms with Gasteiger partial charge in [0.1, 0.15) is 5.75 Å². The van der Waals surface area contributed by atoms with Crippen LogP contribution in [0.2, 0.25) is 10.0 Å². The summed E-state index contributed by atoms with van der Waals surface area (Å²) in [5.41, 5.74) is 0.685. The van der Waals surface area contributed by atoms with Gasteiger partial charge in [-0.1, -0.05) is 41.5 Å². The number of aryl methyl sites for hydroxylation is 1. The zero-order chi connectivity index (χ0) is 19.7. The number of hydrogen-bond acceptors (Lipinski definition) is 6. The van der Waals surface area contributed by atoms with Crippen LogP contribution in [0, 0.1) is 5.92 Å². The second kappa shape index (κ2) is 8.27. The number of nitrogens with zero attached hydrogens (tertiary/aromatic N) is 4. The molecule has 2 aromatic heterocycles. The van der Waals surface area contributed by atoms with Gasteiger partial charge in [-0.05, 0) is 43.4 Å². The van der Waals surface area contributed by atoms with Crippen LogP contribution in [-0.2, 0) is 6.42 Å². The number of aromatic nitrogens is 3. The van der Waals surface area contributed by atoms with Gasteiger partial charge in [-0.2, -0.15) is 4.52 Å². The predicted octanol–water partition coefficient (Wildman–Crippen LogP) is 4.32. The first-order chi connectivity index (χ1) is 13.5. The molecule has 1 aromatic carbocycles. The van der Waals surface area contributed by atoms with E-state index >= 15 is 0 Å². The van der Waals surface area contributed by atoms with Gasteiger partial charge in [0.15, 0.2) is 0 Å². The molecule has 3 heterocycles. The fraction of sp³-hybridized carbons (Fsp3) is 0.421. The first-order valence-corrected chi connectivity index (χ1v) is 10.8. The van der Waals surface area contributed by atoms with Crippen LogP contribution in [-0.4, -0.2) is 34.3 Å². The lowest BCUT2D eigenvalue weighted by Crippen LogP contribution is -2.35. The van der Waals surface area contributed by atoms with Crippen LogP contribution in [0.3, 0.4) is 0 Å². The van der Waals surface area contributed by atoms with Gasteiger partial charge in [0.05, 0.1) is 6.61 Å². The lowest BCUT2D eigenvalue weighted by atomic mass is 9.98. The quantitative estimate of drug-likeness (QED) is 0.593. The molecule has 1 fully saturated rings. The smallest absolute Gasteiger partial charge is 0.275 e. The third-order valence-electron chi connectivity index (χ3n) is 4.86. The number of halogens is 2. The van der Waals surface area contributed by atoms with Crippen molar-refractivity contribution in [2.24, 2.45) is 5.92 Å². The maximum atomic E-state index is 12.2. The normalized spacial score (nSPS) is 15.3. The van der Waals surface area contributed by atoms with Crippen molar-refractivity contribution in [2.75, 3.05) is 24.6 Å². The van der Waals surface area contributed by atoms with Gasteiger partial charge in [0.25, 0.3) is 5.56 Å². The average molecular weight is 439 g/mol. The van der Waals surface area contributed by atoms with Crippen molar-refractivity contribution >= 4 is 44.6 Å². The molecule has 0 saturated carbocycles. The first kappa shape index (κ1) is 19.5. The van der Waals surface area contributed by atoms with E-state index in [1.165, 1.54) is 15.9 Å². The van der Waals surface area contributed by atoms with Crippen LogP contribution in [0.4, 0.5) is 5.13 Å². The summed E-state index contributed by atoms with van der Waals surface area (Å²) in [6.07, 6.45) is 2.72. The van der Waals surface area contributed by atoms with E-state index in [0.717, 1.165) is 43.2 Å². The maximum absolute atomic E-state index is 12.2. The molecule has 0 aliphatic carbocycles. The molecule has 0 amide bonds. The van der Waals surface area contributed by atoms with Crippen molar-refractivity contribution in [3.8, 4) is 5.75 Å². The van der Waals surface area contributed by atoms with E-state index in [4.69, 9.17) is 27.9 Å². The Morgan fingerprint density at radius 2 is 1.89 bits per heavy atom. The molecule has 3 aromatic rings. The molecule has 9 heteroatoms. The van der Waals surface area contributed by atoms with Gasteiger partial charge in [-0.15, -0.1) is 5.10 Å². The van der Waals surface area contributed by atoms with Gasteiger partial charge in [0.2, 0.25) is 10.1 Å². The topological polar surface area (TPSA) is 59.7 Å². The number of rotatable bonds is 5. The van der Waals surface area contributed by atoms with Crippen LogP contribution in [0.25, 0.3) is 4.96 Å². The highest BCUT2D eigenvalue weighted by Gasteiger charge is 2.23. The van der Waals surface area contributed by atoms with Crippen LogP contribution in [0.15, 0.2) is 29.1 Å². The fourth-order valence-electron chi connectivity index (χ4n) is 3.27. The summed E-state index contributed by atoms with van der Waals surface area (Å²) in [5.74, 6) is 1.15. The number of hydrogen-bond donors (Lipinski definition) is 0. The molecule has 1 saturated heterocycles. The standard InChI is InChI=1S/C19H20Cl2N4O2S/c1-2-15-10-17(26)25-18(22-15)28-19(23-25)24-5-3-12(4-6-24)11-27-16-8-13(20)7-14(21)9-16/h7-10,12H,2-6,11H2,1H3. The van der Waals surface area contributed by atoms with Crippen LogP contribution in [0.1, 0.15) is 25.5 Å².